The third-order valence-corrected chi connectivity index (χ3v) is 3.91. The summed E-state index contributed by atoms with van der Waals surface area (Å²) in [4.78, 5) is 2.38. The zero-order valence-electron chi connectivity index (χ0n) is 10.9. The number of nitrogens with zero attached hydrogens (tertiary/aromatic N) is 2. The molecule has 96 valence electrons. The molecule has 0 aromatic heterocycles. The minimum atomic E-state index is 0.314. The summed E-state index contributed by atoms with van der Waals surface area (Å²) in [5.41, 5.74) is 5.91. The molecule has 3 rings (SSSR count). The molecule has 1 saturated heterocycles. The van der Waals surface area contributed by atoms with Gasteiger partial charge in [-0.2, -0.15) is 5.10 Å². The lowest BCUT2D eigenvalue weighted by Crippen LogP contribution is -2.39. The Morgan fingerprint density at radius 3 is 2.83 bits per heavy atom. The molecule has 0 aliphatic carbocycles. The van der Waals surface area contributed by atoms with Gasteiger partial charge in [0, 0.05) is 31.1 Å². The highest BCUT2D eigenvalue weighted by Crippen LogP contribution is 2.32. The van der Waals surface area contributed by atoms with Crippen molar-refractivity contribution in [3.05, 3.63) is 29.8 Å². The summed E-state index contributed by atoms with van der Waals surface area (Å²) in [7, 11) is 3.88. The summed E-state index contributed by atoms with van der Waals surface area (Å²) in [6, 6.07) is 8.60. The maximum absolute atomic E-state index is 5.20. The summed E-state index contributed by atoms with van der Waals surface area (Å²) < 4.78 is 5.20. The summed E-state index contributed by atoms with van der Waals surface area (Å²) >= 11 is 0. The summed E-state index contributed by atoms with van der Waals surface area (Å²) in [6.07, 6.45) is 1.08. The molecule has 0 saturated carbocycles. The molecule has 2 atom stereocenters. The quantitative estimate of drug-likeness (QED) is 0.860. The van der Waals surface area contributed by atoms with Gasteiger partial charge in [0.2, 0.25) is 0 Å². The number of methoxy groups -OCH3 is 1. The van der Waals surface area contributed by atoms with E-state index < -0.39 is 0 Å². The van der Waals surface area contributed by atoms with Crippen LogP contribution in [0.3, 0.4) is 0 Å². The lowest BCUT2D eigenvalue weighted by molar-refractivity contribution is 0.272. The fourth-order valence-corrected chi connectivity index (χ4v) is 2.82. The van der Waals surface area contributed by atoms with E-state index in [0.29, 0.717) is 12.0 Å². The first-order chi connectivity index (χ1) is 8.78. The Labute approximate surface area is 108 Å². The number of fused-ring (bicyclic) bond motifs is 1. The normalized spacial score (nSPS) is 27.3. The van der Waals surface area contributed by atoms with E-state index in [-0.39, 0.29) is 0 Å². The Morgan fingerprint density at radius 2 is 2.11 bits per heavy atom. The van der Waals surface area contributed by atoms with Crippen LogP contribution in [0.5, 0.6) is 5.75 Å². The summed E-state index contributed by atoms with van der Waals surface area (Å²) in [5, 5.41) is 4.50. The first-order valence-electron chi connectivity index (χ1n) is 6.42. The average molecular weight is 245 g/mol. The van der Waals surface area contributed by atoms with Crippen LogP contribution in [0.2, 0.25) is 0 Å². The summed E-state index contributed by atoms with van der Waals surface area (Å²) in [5.74, 6) is 1.41. The van der Waals surface area contributed by atoms with Crippen LogP contribution in [0.1, 0.15) is 18.0 Å². The van der Waals surface area contributed by atoms with Crippen molar-refractivity contribution in [3.8, 4) is 5.75 Å². The van der Waals surface area contributed by atoms with Gasteiger partial charge in [-0.25, -0.2) is 0 Å². The molecule has 4 heteroatoms. The highest BCUT2D eigenvalue weighted by Gasteiger charge is 2.35. The summed E-state index contributed by atoms with van der Waals surface area (Å²) in [6.45, 7) is 2.20. The van der Waals surface area contributed by atoms with Crippen LogP contribution < -0.4 is 10.2 Å². The lowest BCUT2D eigenvalue weighted by atomic mass is 9.86. The van der Waals surface area contributed by atoms with Crippen molar-refractivity contribution in [2.24, 2.45) is 11.0 Å². The monoisotopic (exact) mass is 245 g/mol. The van der Waals surface area contributed by atoms with E-state index >= 15 is 0 Å². The van der Waals surface area contributed by atoms with Crippen molar-refractivity contribution >= 4 is 5.71 Å². The van der Waals surface area contributed by atoms with Gasteiger partial charge < -0.3 is 15.1 Å². The molecule has 2 aliphatic rings. The number of hydrogen-bond acceptors (Lipinski definition) is 4. The number of nitrogens with one attached hydrogen (secondary N) is 1. The van der Waals surface area contributed by atoms with Crippen LogP contribution in [0.15, 0.2) is 29.4 Å². The third kappa shape index (κ3) is 1.97. The second kappa shape index (κ2) is 4.61. The Balaban J connectivity index is 1.80. The van der Waals surface area contributed by atoms with Crippen LogP contribution in [-0.2, 0) is 0 Å². The molecule has 4 nitrogen and oxygen atoms in total. The van der Waals surface area contributed by atoms with E-state index in [1.165, 1.54) is 11.3 Å². The molecule has 2 aliphatic heterocycles. The molecule has 0 bridgehead atoms. The van der Waals surface area contributed by atoms with E-state index in [0.717, 1.165) is 25.3 Å². The zero-order valence-corrected chi connectivity index (χ0v) is 10.9. The second-order valence-corrected chi connectivity index (χ2v) is 5.10. The maximum atomic E-state index is 5.20. The molecule has 0 radical (unpaired) electrons. The maximum Gasteiger partial charge on any atom is 0.118 e. The molecule has 1 fully saturated rings. The number of likely N-dealkylation sites (tertiary alicyclic amines) is 1. The highest BCUT2D eigenvalue weighted by atomic mass is 16.5. The molecular formula is C14H19N3O. The molecule has 18 heavy (non-hydrogen) atoms. The van der Waals surface area contributed by atoms with Crippen LogP contribution >= 0.6 is 0 Å². The van der Waals surface area contributed by atoms with Crippen LogP contribution in [0.25, 0.3) is 0 Å². The number of piperidine rings is 1. The Kier molecular flexibility index (Phi) is 2.96. The molecule has 1 aromatic carbocycles. The van der Waals surface area contributed by atoms with Gasteiger partial charge in [-0.05, 0) is 24.7 Å². The average Bonchev–Trinajstić information content (AvgIpc) is 2.82. The van der Waals surface area contributed by atoms with Gasteiger partial charge in [-0.3, -0.25) is 0 Å². The van der Waals surface area contributed by atoms with Crippen molar-refractivity contribution in [1.82, 2.24) is 10.3 Å². The van der Waals surface area contributed by atoms with Gasteiger partial charge in [-0.1, -0.05) is 12.1 Å². The fraction of sp³-hybridized carbons (Fsp3) is 0.500. The number of hydrogen-bond donors (Lipinski definition) is 1. The van der Waals surface area contributed by atoms with Gasteiger partial charge in [0.15, 0.2) is 0 Å². The van der Waals surface area contributed by atoms with Gasteiger partial charge in [0.05, 0.1) is 13.2 Å². The minimum absolute atomic E-state index is 0.314. The zero-order chi connectivity index (χ0) is 12.5. The second-order valence-electron chi connectivity index (χ2n) is 5.10. The first-order valence-corrected chi connectivity index (χ1v) is 6.42. The van der Waals surface area contributed by atoms with E-state index in [1.807, 2.05) is 12.1 Å². The predicted molar refractivity (Wildman–Crippen MR) is 71.9 cm³/mol. The predicted octanol–water partition coefficient (Wildman–Crippen LogP) is 1.65. The Morgan fingerprint density at radius 1 is 1.33 bits per heavy atom. The van der Waals surface area contributed by atoms with Crippen molar-refractivity contribution in [2.45, 2.75) is 12.5 Å². The van der Waals surface area contributed by atoms with E-state index in [4.69, 9.17) is 4.74 Å². The van der Waals surface area contributed by atoms with Crippen molar-refractivity contribution in [1.29, 1.82) is 0 Å². The van der Waals surface area contributed by atoms with Gasteiger partial charge >= 0.3 is 0 Å². The van der Waals surface area contributed by atoms with E-state index in [9.17, 15) is 0 Å². The number of rotatable bonds is 2. The van der Waals surface area contributed by atoms with Gasteiger partial charge in [-0.15, -0.1) is 0 Å². The number of benzene rings is 1. The van der Waals surface area contributed by atoms with Gasteiger partial charge in [0.25, 0.3) is 0 Å². The smallest absolute Gasteiger partial charge is 0.118 e. The van der Waals surface area contributed by atoms with Gasteiger partial charge in [0.1, 0.15) is 5.75 Å². The van der Waals surface area contributed by atoms with Crippen molar-refractivity contribution in [2.75, 3.05) is 27.2 Å². The van der Waals surface area contributed by atoms with Crippen LogP contribution in [0.4, 0.5) is 0 Å². The van der Waals surface area contributed by atoms with E-state index in [1.54, 1.807) is 7.11 Å². The Hall–Kier alpha value is -1.55. The number of ether oxygens (including phenoxy) is 1. The molecule has 1 aromatic rings. The standard InChI is InChI=1S/C14H19N3O/c1-17-8-7-13-12(9-17)14(16-15-13)10-3-5-11(18-2)6-4-10/h3-6,12,14,16H,7-9H2,1-2H3. The fourth-order valence-electron chi connectivity index (χ4n) is 2.82. The van der Waals surface area contributed by atoms with Crippen LogP contribution in [-0.4, -0.2) is 37.9 Å². The molecule has 1 N–H and O–H groups in total. The number of hydrazone groups is 1. The van der Waals surface area contributed by atoms with Crippen molar-refractivity contribution in [3.63, 3.8) is 0 Å². The molecule has 2 heterocycles. The molecular weight excluding hydrogens is 226 g/mol. The molecule has 0 spiro atoms. The lowest BCUT2D eigenvalue weighted by Gasteiger charge is -2.30. The van der Waals surface area contributed by atoms with Crippen molar-refractivity contribution < 1.29 is 4.74 Å². The molecule has 2 unspecified atom stereocenters. The SMILES string of the molecule is COc1ccc(C2NN=C3CCN(C)CC32)cc1. The van der Waals surface area contributed by atoms with E-state index in [2.05, 4.69) is 34.6 Å². The Bertz CT molecular complexity index is 455. The minimum Gasteiger partial charge on any atom is -0.497 e. The third-order valence-electron chi connectivity index (χ3n) is 3.91. The first kappa shape index (κ1) is 11.5. The van der Waals surface area contributed by atoms with Crippen LogP contribution in [0, 0.1) is 5.92 Å². The molecule has 0 amide bonds. The topological polar surface area (TPSA) is 36.9 Å². The largest absolute Gasteiger partial charge is 0.497 e. The highest BCUT2D eigenvalue weighted by molar-refractivity contribution is 5.89.